The van der Waals surface area contributed by atoms with E-state index in [0.29, 0.717) is 17.8 Å². The van der Waals surface area contributed by atoms with Crippen LogP contribution in [-0.2, 0) is 9.59 Å². The van der Waals surface area contributed by atoms with Gasteiger partial charge in [0, 0.05) is 24.3 Å². The lowest BCUT2D eigenvalue weighted by Crippen LogP contribution is -2.32. The molecule has 4 amide bonds. The molecule has 1 aliphatic rings. The fourth-order valence-corrected chi connectivity index (χ4v) is 2.12. The Balaban J connectivity index is 1.80. The summed E-state index contributed by atoms with van der Waals surface area (Å²) >= 11 is 0. The van der Waals surface area contributed by atoms with Crippen molar-refractivity contribution < 1.29 is 14.4 Å². The molecule has 0 spiro atoms. The number of carbonyl (C=O) groups excluding carboxylic acids is 3. The number of nitrogens with zero attached hydrogens (tertiary/aromatic N) is 1. The van der Waals surface area contributed by atoms with Gasteiger partial charge in [0.2, 0.25) is 11.8 Å². The minimum absolute atomic E-state index is 0.0374. The smallest absolute Gasteiger partial charge is 0.324 e. The van der Waals surface area contributed by atoms with Gasteiger partial charge in [0.15, 0.2) is 0 Å². The van der Waals surface area contributed by atoms with Crippen molar-refractivity contribution in [3.05, 3.63) is 23.8 Å². The van der Waals surface area contributed by atoms with E-state index < -0.39 is 6.03 Å². The van der Waals surface area contributed by atoms with E-state index >= 15 is 0 Å². The zero-order valence-electron chi connectivity index (χ0n) is 11.8. The minimum atomic E-state index is -0.394. The summed E-state index contributed by atoms with van der Waals surface area (Å²) < 4.78 is 0. The van der Waals surface area contributed by atoms with Crippen molar-refractivity contribution in [2.24, 2.45) is 0 Å². The first kappa shape index (κ1) is 14.8. The Hall–Kier alpha value is -2.57. The van der Waals surface area contributed by atoms with Crippen LogP contribution in [0.5, 0.6) is 0 Å². The lowest BCUT2D eigenvalue weighted by atomic mass is 10.1. The van der Waals surface area contributed by atoms with Gasteiger partial charge in [-0.15, -0.1) is 0 Å². The maximum absolute atomic E-state index is 11.8. The molecule has 1 heterocycles. The third-order valence-corrected chi connectivity index (χ3v) is 3.25. The fourth-order valence-electron chi connectivity index (χ4n) is 2.12. The summed E-state index contributed by atoms with van der Waals surface area (Å²) in [5.74, 6) is -0.412. The molecule has 7 heteroatoms. The number of nitrogen functional groups attached to an aromatic ring is 1. The van der Waals surface area contributed by atoms with E-state index in [1.165, 1.54) is 0 Å². The van der Waals surface area contributed by atoms with Crippen LogP contribution >= 0.6 is 0 Å². The van der Waals surface area contributed by atoms with Gasteiger partial charge in [-0.3, -0.25) is 14.5 Å². The van der Waals surface area contributed by atoms with E-state index in [-0.39, 0.29) is 31.3 Å². The fraction of sp³-hybridized carbons (Fsp3) is 0.357. The number of nitrogens with one attached hydrogen (secondary N) is 2. The molecule has 0 unspecified atom stereocenters. The van der Waals surface area contributed by atoms with Gasteiger partial charge in [-0.1, -0.05) is 0 Å². The predicted molar refractivity (Wildman–Crippen MR) is 78.6 cm³/mol. The third-order valence-electron chi connectivity index (χ3n) is 3.25. The summed E-state index contributed by atoms with van der Waals surface area (Å²) in [7, 11) is 0. The molecule has 112 valence electrons. The van der Waals surface area contributed by atoms with Gasteiger partial charge in [0.25, 0.3) is 0 Å². The number of hydrogen-bond acceptors (Lipinski definition) is 4. The number of benzene rings is 1. The van der Waals surface area contributed by atoms with Crippen LogP contribution in [0.4, 0.5) is 16.2 Å². The molecule has 0 saturated carbocycles. The Morgan fingerprint density at radius 1 is 1.43 bits per heavy atom. The van der Waals surface area contributed by atoms with Crippen molar-refractivity contribution >= 4 is 29.2 Å². The molecule has 2 rings (SSSR count). The molecule has 0 radical (unpaired) electrons. The summed E-state index contributed by atoms with van der Waals surface area (Å²) in [6, 6.07) is 4.85. The number of aryl methyl sites for hydroxylation is 1. The van der Waals surface area contributed by atoms with E-state index in [4.69, 9.17) is 5.73 Å². The predicted octanol–water partition coefficient (Wildman–Crippen LogP) is 0.848. The van der Waals surface area contributed by atoms with Gasteiger partial charge < -0.3 is 16.4 Å². The van der Waals surface area contributed by atoms with Gasteiger partial charge in [-0.25, -0.2) is 4.79 Å². The molecular formula is C14H18N4O3. The topological polar surface area (TPSA) is 105 Å². The van der Waals surface area contributed by atoms with Crippen molar-refractivity contribution in [2.45, 2.75) is 19.8 Å². The minimum Gasteiger partial charge on any atom is -0.399 e. The Kier molecular flexibility index (Phi) is 4.42. The van der Waals surface area contributed by atoms with E-state index in [9.17, 15) is 14.4 Å². The molecule has 1 aromatic rings. The molecule has 7 nitrogen and oxygen atoms in total. The SMILES string of the molecule is Cc1cc(N)ccc1NC(=O)CCCN1C(=O)CNC1=O. The van der Waals surface area contributed by atoms with Crippen LogP contribution in [-0.4, -0.2) is 35.8 Å². The number of urea groups is 1. The first-order valence-electron chi connectivity index (χ1n) is 6.71. The largest absolute Gasteiger partial charge is 0.399 e. The maximum Gasteiger partial charge on any atom is 0.324 e. The summed E-state index contributed by atoms with van der Waals surface area (Å²) in [4.78, 5) is 35.6. The second-order valence-corrected chi connectivity index (χ2v) is 4.93. The van der Waals surface area contributed by atoms with Gasteiger partial charge in [0.1, 0.15) is 0 Å². The van der Waals surface area contributed by atoms with Crippen molar-refractivity contribution in [1.29, 1.82) is 0 Å². The van der Waals surface area contributed by atoms with Gasteiger partial charge in [-0.05, 0) is 37.1 Å². The Morgan fingerprint density at radius 3 is 2.81 bits per heavy atom. The molecule has 0 bridgehead atoms. The average molecular weight is 290 g/mol. The lowest BCUT2D eigenvalue weighted by Gasteiger charge is -2.12. The van der Waals surface area contributed by atoms with Crippen molar-refractivity contribution in [3.63, 3.8) is 0 Å². The van der Waals surface area contributed by atoms with Crippen molar-refractivity contribution in [2.75, 3.05) is 24.1 Å². The van der Waals surface area contributed by atoms with Crippen LogP contribution in [0, 0.1) is 6.92 Å². The molecule has 21 heavy (non-hydrogen) atoms. The highest BCUT2D eigenvalue weighted by atomic mass is 16.2. The molecule has 1 saturated heterocycles. The Bertz CT molecular complexity index is 570. The third kappa shape index (κ3) is 3.71. The number of hydrogen-bond donors (Lipinski definition) is 3. The number of anilines is 2. The molecule has 0 aliphatic carbocycles. The van der Waals surface area contributed by atoms with Crippen LogP contribution in [0.1, 0.15) is 18.4 Å². The number of nitrogens with two attached hydrogens (primary N) is 1. The highest BCUT2D eigenvalue weighted by Crippen LogP contribution is 2.18. The molecule has 0 atom stereocenters. The summed E-state index contributed by atoms with van der Waals surface area (Å²) in [6.45, 7) is 2.15. The highest BCUT2D eigenvalue weighted by molar-refractivity contribution is 6.02. The van der Waals surface area contributed by atoms with Crippen LogP contribution < -0.4 is 16.4 Å². The van der Waals surface area contributed by atoms with E-state index in [2.05, 4.69) is 10.6 Å². The van der Waals surface area contributed by atoms with Crippen LogP contribution in [0.3, 0.4) is 0 Å². The highest BCUT2D eigenvalue weighted by Gasteiger charge is 2.27. The van der Waals surface area contributed by atoms with E-state index in [1.54, 1.807) is 18.2 Å². The standard InChI is InChI=1S/C14H18N4O3/c1-9-7-10(15)4-5-11(9)17-12(19)3-2-6-18-13(20)8-16-14(18)21/h4-5,7H,2-3,6,8,15H2,1H3,(H,16,21)(H,17,19). The summed E-state index contributed by atoms with van der Waals surface area (Å²) in [5.41, 5.74) is 7.89. The Labute approximate surface area is 122 Å². The van der Waals surface area contributed by atoms with Gasteiger partial charge in [-0.2, -0.15) is 0 Å². The molecule has 4 N–H and O–H groups in total. The number of imide groups is 1. The van der Waals surface area contributed by atoms with Gasteiger partial charge >= 0.3 is 6.03 Å². The molecule has 0 aromatic heterocycles. The Morgan fingerprint density at radius 2 is 2.19 bits per heavy atom. The first-order chi connectivity index (χ1) is 9.97. The molecular weight excluding hydrogens is 272 g/mol. The maximum atomic E-state index is 11.8. The second kappa shape index (κ2) is 6.25. The quantitative estimate of drug-likeness (QED) is 0.552. The molecule has 1 aliphatic heterocycles. The number of rotatable bonds is 5. The van der Waals surface area contributed by atoms with Crippen LogP contribution in [0.15, 0.2) is 18.2 Å². The summed E-state index contributed by atoms with van der Waals surface area (Å²) in [6.07, 6.45) is 0.667. The lowest BCUT2D eigenvalue weighted by molar-refractivity contribution is -0.125. The number of amides is 4. The van der Waals surface area contributed by atoms with Crippen molar-refractivity contribution in [1.82, 2.24) is 10.2 Å². The van der Waals surface area contributed by atoms with Crippen LogP contribution in [0.25, 0.3) is 0 Å². The van der Waals surface area contributed by atoms with Gasteiger partial charge in [0.05, 0.1) is 6.54 Å². The van der Waals surface area contributed by atoms with E-state index in [1.807, 2.05) is 6.92 Å². The molecule has 1 fully saturated rings. The number of carbonyl (C=O) groups is 3. The second-order valence-electron chi connectivity index (χ2n) is 4.93. The average Bonchev–Trinajstić information content (AvgIpc) is 2.74. The zero-order valence-corrected chi connectivity index (χ0v) is 11.8. The summed E-state index contributed by atoms with van der Waals surface area (Å²) in [5, 5.41) is 5.22. The van der Waals surface area contributed by atoms with Crippen molar-refractivity contribution in [3.8, 4) is 0 Å². The van der Waals surface area contributed by atoms with E-state index in [0.717, 1.165) is 10.5 Å². The zero-order chi connectivity index (χ0) is 15.4. The van der Waals surface area contributed by atoms with Crippen LogP contribution in [0.2, 0.25) is 0 Å². The monoisotopic (exact) mass is 290 g/mol. The molecule has 1 aromatic carbocycles. The first-order valence-corrected chi connectivity index (χ1v) is 6.71. The normalized spacial score (nSPS) is 14.2.